The fourth-order valence-electron chi connectivity index (χ4n) is 4.23. The maximum atomic E-state index is 5.07. The van der Waals surface area contributed by atoms with E-state index in [1.54, 1.807) is 0 Å². The summed E-state index contributed by atoms with van der Waals surface area (Å²) in [6.45, 7) is 31.6. The summed E-state index contributed by atoms with van der Waals surface area (Å²) in [7, 11) is 0. The minimum Gasteiger partial charge on any atom is -0.327 e. The van der Waals surface area contributed by atoms with Crippen LogP contribution < -0.4 is 5.73 Å². The van der Waals surface area contributed by atoms with Gasteiger partial charge in [-0.25, -0.2) is 0 Å². The van der Waals surface area contributed by atoms with Gasteiger partial charge < -0.3 is 5.73 Å². The molecule has 0 saturated carbocycles. The Labute approximate surface area is 238 Å². The van der Waals surface area contributed by atoms with Crippen molar-refractivity contribution in [1.29, 1.82) is 0 Å². The Balaban J connectivity index is 0. The van der Waals surface area contributed by atoms with Gasteiger partial charge in [0.15, 0.2) is 0 Å². The van der Waals surface area contributed by atoms with Crippen LogP contribution in [0.15, 0.2) is 85.0 Å². The molecule has 2 aromatic rings. The molecule has 214 valence electrons. The molecule has 0 amide bonds. The lowest BCUT2D eigenvalue weighted by molar-refractivity contribution is 0.282. The molecule has 0 aliphatic carbocycles. The third kappa shape index (κ3) is 18.0. The molecular formula is C37H61N. The number of benzene rings is 2. The number of hydrogen-bond acceptors (Lipinski definition) is 1. The molecule has 0 spiro atoms. The zero-order valence-corrected chi connectivity index (χ0v) is 26.7. The predicted octanol–water partition coefficient (Wildman–Crippen LogP) is 11.0. The van der Waals surface area contributed by atoms with E-state index in [4.69, 9.17) is 5.73 Å². The summed E-state index contributed by atoms with van der Waals surface area (Å²) in [5.41, 5.74) is 14.7. The molecular weight excluding hydrogens is 458 g/mol. The van der Waals surface area contributed by atoms with E-state index in [1.807, 2.05) is 6.92 Å². The van der Waals surface area contributed by atoms with Crippen molar-refractivity contribution in [3.63, 3.8) is 0 Å². The van der Waals surface area contributed by atoms with E-state index in [9.17, 15) is 0 Å². The number of aryl methyl sites for hydroxylation is 3. The molecule has 1 nitrogen and oxygen atoms in total. The van der Waals surface area contributed by atoms with Crippen molar-refractivity contribution in [2.24, 2.45) is 11.1 Å². The highest BCUT2D eigenvalue weighted by Gasteiger charge is 2.26. The van der Waals surface area contributed by atoms with Crippen molar-refractivity contribution in [3.05, 3.63) is 107 Å². The molecule has 2 N–H and O–H groups in total. The molecule has 38 heavy (non-hydrogen) atoms. The van der Waals surface area contributed by atoms with Crippen molar-refractivity contribution in [3.8, 4) is 0 Å². The highest BCUT2D eigenvalue weighted by atomic mass is 14.5. The predicted molar refractivity (Wildman–Crippen MR) is 176 cm³/mol. The van der Waals surface area contributed by atoms with Gasteiger partial charge in [0.25, 0.3) is 0 Å². The Kier molecular flexibility index (Phi) is 22.5. The second-order valence-corrected chi connectivity index (χ2v) is 10.7. The van der Waals surface area contributed by atoms with Crippen LogP contribution >= 0.6 is 0 Å². The average Bonchev–Trinajstić information content (AvgIpc) is 2.90. The number of rotatable bonds is 11. The van der Waals surface area contributed by atoms with Crippen LogP contribution in [0.25, 0.3) is 0 Å². The largest absolute Gasteiger partial charge is 0.327 e. The van der Waals surface area contributed by atoms with Crippen molar-refractivity contribution >= 4 is 0 Å². The summed E-state index contributed by atoms with van der Waals surface area (Å²) in [6, 6.07) is 17.4. The molecule has 1 heteroatoms. The van der Waals surface area contributed by atoms with Crippen molar-refractivity contribution in [2.45, 2.75) is 114 Å². The Bertz CT molecular complexity index is 877. The maximum absolute atomic E-state index is 5.07. The number of hydrogen-bond donors (Lipinski definition) is 1. The first kappa shape index (κ1) is 37.8. The van der Waals surface area contributed by atoms with Gasteiger partial charge in [-0.15, -0.1) is 0 Å². The molecule has 0 unspecified atom stereocenters. The highest BCUT2D eigenvalue weighted by Crippen LogP contribution is 2.39. The molecule has 2 rings (SSSR count). The molecule has 0 aliphatic rings. The van der Waals surface area contributed by atoms with Crippen molar-refractivity contribution in [1.82, 2.24) is 0 Å². The lowest BCUT2D eigenvalue weighted by Gasteiger charge is -2.33. The number of allylic oxidation sites excluding steroid dienone is 2. The van der Waals surface area contributed by atoms with Crippen LogP contribution in [-0.2, 0) is 19.3 Å². The van der Waals surface area contributed by atoms with Crippen LogP contribution in [0.2, 0.25) is 0 Å². The molecule has 0 radical (unpaired) electrons. The fourth-order valence-corrected chi connectivity index (χ4v) is 4.23. The van der Waals surface area contributed by atoms with E-state index in [2.05, 4.69) is 124 Å². The summed E-state index contributed by atoms with van der Waals surface area (Å²) in [5.74, 6) is 0. The Morgan fingerprint density at radius 3 is 1.29 bits per heavy atom. The van der Waals surface area contributed by atoms with Gasteiger partial charge in [-0.2, -0.15) is 0 Å². The lowest BCUT2D eigenvalue weighted by Crippen LogP contribution is -2.20. The van der Waals surface area contributed by atoms with E-state index >= 15 is 0 Å². The van der Waals surface area contributed by atoms with Gasteiger partial charge in [0.2, 0.25) is 0 Å². The third-order valence-electron chi connectivity index (χ3n) is 6.85. The third-order valence-corrected chi connectivity index (χ3v) is 6.85. The molecule has 0 heterocycles. The summed E-state index contributed by atoms with van der Waals surface area (Å²) >= 11 is 0. The first-order valence-electron chi connectivity index (χ1n) is 14.7. The van der Waals surface area contributed by atoms with E-state index in [0.717, 1.165) is 24.8 Å². The lowest BCUT2D eigenvalue weighted by atomic mass is 9.72. The number of nitrogens with two attached hydrogens (primary N) is 1. The first-order valence-corrected chi connectivity index (χ1v) is 14.7. The van der Waals surface area contributed by atoms with Crippen LogP contribution in [0.3, 0.4) is 0 Å². The van der Waals surface area contributed by atoms with Crippen molar-refractivity contribution in [2.75, 3.05) is 6.54 Å². The molecule has 0 aromatic heterocycles. The van der Waals surface area contributed by atoms with Gasteiger partial charge in [0.1, 0.15) is 0 Å². The van der Waals surface area contributed by atoms with Gasteiger partial charge in [0.05, 0.1) is 0 Å². The van der Waals surface area contributed by atoms with Gasteiger partial charge in [-0.05, 0) is 88.3 Å². The van der Waals surface area contributed by atoms with Crippen molar-refractivity contribution < 1.29 is 0 Å². The summed E-state index contributed by atoms with van der Waals surface area (Å²) in [6.07, 6.45) is 9.70. The van der Waals surface area contributed by atoms with E-state index in [0.29, 0.717) is 12.0 Å². The topological polar surface area (TPSA) is 26.0 Å². The second kappa shape index (κ2) is 22.6. The molecule has 0 fully saturated rings. The van der Waals surface area contributed by atoms with E-state index < -0.39 is 0 Å². The summed E-state index contributed by atoms with van der Waals surface area (Å²) in [5, 5.41) is 0. The van der Waals surface area contributed by atoms with Gasteiger partial charge in [-0.3, -0.25) is 0 Å². The first-order chi connectivity index (χ1) is 17.9. The minimum absolute atomic E-state index is 0.448. The Morgan fingerprint density at radius 2 is 1.03 bits per heavy atom. The van der Waals surface area contributed by atoms with Gasteiger partial charge in [-0.1, -0.05) is 138 Å². The second-order valence-electron chi connectivity index (χ2n) is 10.7. The average molecular weight is 520 g/mol. The quantitative estimate of drug-likeness (QED) is 0.293. The van der Waals surface area contributed by atoms with Gasteiger partial charge >= 0.3 is 0 Å². The standard InChI is InChI=1S/C12H16.C12H24.C9H12.C4H9N/c1-4-11-5-7-12(8-6-11)9-10(2)3;1-6-9-12(8-3,10-7-2)11(4)5;1-3-9-6-4-8(2)5-7-9;1-4(2)3-5/h5-8H,2,4,9H2,1,3H3;4,6-10H2,1-3,5H3;4-7H,3H2,1-2H3;1,3,5H2,2H3. The molecule has 0 bridgehead atoms. The molecule has 0 aliphatic heterocycles. The van der Waals surface area contributed by atoms with Crippen LogP contribution in [0.4, 0.5) is 0 Å². The monoisotopic (exact) mass is 519 g/mol. The van der Waals surface area contributed by atoms with Gasteiger partial charge in [0, 0.05) is 6.54 Å². The zero-order valence-electron chi connectivity index (χ0n) is 26.7. The Morgan fingerprint density at radius 1 is 0.658 bits per heavy atom. The normalized spacial score (nSPS) is 10.1. The smallest absolute Gasteiger partial charge is 0.0131 e. The van der Waals surface area contributed by atoms with Crippen LogP contribution in [0, 0.1) is 12.3 Å². The summed E-state index contributed by atoms with van der Waals surface area (Å²) in [4.78, 5) is 0. The van der Waals surface area contributed by atoms with E-state index in [1.165, 1.54) is 65.5 Å². The Hall–Kier alpha value is -2.38. The SMILES string of the molecule is C=C(C)C(CC)(CCC)CCC.C=C(C)CN.C=C(C)Cc1ccc(CC)cc1.CCc1ccc(C)cc1. The minimum atomic E-state index is 0.448. The highest BCUT2D eigenvalue weighted by molar-refractivity contribution is 5.25. The molecule has 0 atom stereocenters. The fraction of sp³-hybridized carbons (Fsp3) is 0.514. The molecule has 0 saturated heterocycles. The maximum Gasteiger partial charge on any atom is 0.0131 e. The summed E-state index contributed by atoms with van der Waals surface area (Å²) < 4.78 is 0. The molecule has 2 aromatic carbocycles. The van der Waals surface area contributed by atoms with Crippen LogP contribution in [0.1, 0.15) is 110 Å². The van der Waals surface area contributed by atoms with Crippen LogP contribution in [-0.4, -0.2) is 6.54 Å². The zero-order chi connectivity index (χ0) is 29.6. The van der Waals surface area contributed by atoms with Crippen LogP contribution in [0.5, 0.6) is 0 Å². The van der Waals surface area contributed by atoms with E-state index in [-0.39, 0.29) is 0 Å².